The number of nitrogens with zero attached hydrogens (tertiary/aromatic N) is 1. The Morgan fingerprint density at radius 1 is 1.25 bits per heavy atom. The highest BCUT2D eigenvalue weighted by Gasteiger charge is 2.27. The van der Waals surface area contributed by atoms with Gasteiger partial charge in [0.1, 0.15) is 0 Å². The van der Waals surface area contributed by atoms with Crippen LogP contribution in [0, 0.1) is 0 Å². The molecule has 0 unspecified atom stereocenters. The van der Waals surface area contributed by atoms with Crippen molar-refractivity contribution in [3.8, 4) is 0 Å². The van der Waals surface area contributed by atoms with Crippen molar-refractivity contribution in [1.29, 1.82) is 0 Å². The molecule has 2 amide bonds. The van der Waals surface area contributed by atoms with E-state index >= 15 is 0 Å². The Balaban J connectivity index is 1.64. The summed E-state index contributed by atoms with van der Waals surface area (Å²) in [5.41, 5.74) is 0. The molecule has 2 N–H and O–H groups in total. The molecule has 1 saturated carbocycles. The minimum absolute atomic E-state index is 0.00543. The summed E-state index contributed by atoms with van der Waals surface area (Å²) in [5, 5.41) is 6.14. The van der Waals surface area contributed by atoms with Crippen LogP contribution in [0.25, 0.3) is 0 Å². The van der Waals surface area contributed by atoms with Gasteiger partial charge in [-0.1, -0.05) is 12.8 Å². The van der Waals surface area contributed by atoms with E-state index in [2.05, 4.69) is 28.7 Å². The zero-order valence-electron chi connectivity index (χ0n) is 12.9. The molecule has 4 nitrogen and oxygen atoms in total. The van der Waals surface area contributed by atoms with E-state index in [1.54, 1.807) is 11.8 Å². The normalized spacial score (nSPS) is 23.7. The van der Waals surface area contributed by atoms with Crippen LogP contribution in [-0.2, 0) is 0 Å². The summed E-state index contributed by atoms with van der Waals surface area (Å²) in [7, 11) is 0. The lowest BCUT2D eigenvalue weighted by atomic mass is 10.0. The van der Waals surface area contributed by atoms with E-state index in [9.17, 15) is 4.79 Å². The number of carbonyl (C=O) groups is 1. The van der Waals surface area contributed by atoms with Crippen molar-refractivity contribution in [2.75, 3.05) is 25.1 Å². The largest absolute Gasteiger partial charge is 0.335 e. The second-order valence-corrected chi connectivity index (χ2v) is 7.13. The first-order chi connectivity index (χ1) is 9.69. The maximum atomic E-state index is 11.9. The number of hydrogen-bond acceptors (Lipinski definition) is 3. The molecule has 116 valence electrons. The molecule has 2 aliphatic rings. The van der Waals surface area contributed by atoms with E-state index < -0.39 is 0 Å². The van der Waals surface area contributed by atoms with Gasteiger partial charge in [-0.05, 0) is 38.9 Å². The number of carbonyl (C=O) groups excluding carboxylic acids is 1. The number of amides is 2. The van der Waals surface area contributed by atoms with Gasteiger partial charge in [0, 0.05) is 37.0 Å². The Morgan fingerprint density at radius 3 is 2.50 bits per heavy atom. The lowest BCUT2D eigenvalue weighted by molar-refractivity contribution is 0.145. The maximum absolute atomic E-state index is 11.9. The van der Waals surface area contributed by atoms with Crippen LogP contribution in [0.4, 0.5) is 4.79 Å². The summed E-state index contributed by atoms with van der Waals surface area (Å²) in [6, 6.07) is 1.43. The summed E-state index contributed by atoms with van der Waals surface area (Å²) >= 11 is 1.76. The van der Waals surface area contributed by atoms with Crippen molar-refractivity contribution in [2.45, 2.75) is 63.6 Å². The van der Waals surface area contributed by atoms with Gasteiger partial charge >= 0.3 is 6.03 Å². The van der Waals surface area contributed by atoms with Gasteiger partial charge < -0.3 is 15.5 Å². The summed E-state index contributed by atoms with van der Waals surface area (Å²) < 4.78 is 0. The fraction of sp³-hybridized carbons (Fsp3) is 0.933. The molecular formula is C15H29N3OS. The standard InChI is InChI=1S/C15H29N3OS/c1-12(11-20-2)16-15(19)17-13-7-9-18(10-8-13)14-5-3-4-6-14/h12-14H,3-11H2,1-2H3,(H2,16,17,19)/t12-/m1/s1. The molecule has 1 aliphatic carbocycles. The number of likely N-dealkylation sites (tertiary alicyclic amines) is 1. The molecular weight excluding hydrogens is 270 g/mol. The van der Waals surface area contributed by atoms with Crippen molar-refractivity contribution in [2.24, 2.45) is 0 Å². The molecule has 1 atom stereocenters. The van der Waals surface area contributed by atoms with Crippen LogP contribution in [0.1, 0.15) is 45.4 Å². The van der Waals surface area contributed by atoms with Crippen molar-refractivity contribution >= 4 is 17.8 Å². The molecule has 1 heterocycles. The van der Waals surface area contributed by atoms with Crippen LogP contribution in [0.5, 0.6) is 0 Å². The molecule has 0 aromatic heterocycles. The van der Waals surface area contributed by atoms with Crippen molar-refractivity contribution in [1.82, 2.24) is 15.5 Å². The summed E-state index contributed by atoms with van der Waals surface area (Å²) in [4.78, 5) is 14.5. The molecule has 0 radical (unpaired) electrons. The average molecular weight is 299 g/mol. The zero-order chi connectivity index (χ0) is 14.4. The number of piperidine rings is 1. The highest BCUT2D eigenvalue weighted by atomic mass is 32.2. The number of urea groups is 1. The van der Waals surface area contributed by atoms with Gasteiger partial charge in [-0.25, -0.2) is 4.79 Å². The topological polar surface area (TPSA) is 44.4 Å². The number of thioether (sulfide) groups is 1. The minimum Gasteiger partial charge on any atom is -0.335 e. The molecule has 0 spiro atoms. The first-order valence-electron chi connectivity index (χ1n) is 7.99. The van der Waals surface area contributed by atoms with Crippen LogP contribution < -0.4 is 10.6 Å². The fourth-order valence-corrected chi connectivity index (χ4v) is 4.00. The van der Waals surface area contributed by atoms with Gasteiger partial charge in [0.05, 0.1) is 0 Å². The Hall–Kier alpha value is -0.420. The van der Waals surface area contributed by atoms with Crippen molar-refractivity contribution < 1.29 is 4.79 Å². The van der Waals surface area contributed by atoms with E-state index in [-0.39, 0.29) is 12.1 Å². The number of rotatable bonds is 5. The monoisotopic (exact) mass is 299 g/mol. The molecule has 1 aliphatic heterocycles. The second-order valence-electron chi connectivity index (χ2n) is 6.22. The SMILES string of the molecule is CSC[C@@H](C)NC(=O)NC1CCN(C2CCCC2)CC1. The van der Waals surface area contributed by atoms with Crippen LogP contribution in [0.15, 0.2) is 0 Å². The summed E-state index contributed by atoms with van der Waals surface area (Å²) in [6.45, 7) is 4.35. The summed E-state index contributed by atoms with van der Waals surface area (Å²) in [5.74, 6) is 0.966. The van der Waals surface area contributed by atoms with Crippen molar-refractivity contribution in [3.63, 3.8) is 0 Å². The number of nitrogens with one attached hydrogen (secondary N) is 2. The van der Waals surface area contributed by atoms with Crippen LogP contribution in [0.2, 0.25) is 0 Å². The van der Waals surface area contributed by atoms with E-state index in [4.69, 9.17) is 0 Å². The predicted molar refractivity (Wildman–Crippen MR) is 86.4 cm³/mol. The molecule has 0 aromatic rings. The third kappa shape index (κ3) is 4.85. The lowest BCUT2D eigenvalue weighted by Crippen LogP contribution is -2.51. The Labute approximate surface area is 127 Å². The molecule has 2 fully saturated rings. The molecule has 0 bridgehead atoms. The highest BCUT2D eigenvalue weighted by Crippen LogP contribution is 2.26. The quantitative estimate of drug-likeness (QED) is 0.819. The van der Waals surface area contributed by atoms with E-state index in [0.29, 0.717) is 6.04 Å². The van der Waals surface area contributed by atoms with Gasteiger partial charge in [-0.15, -0.1) is 0 Å². The van der Waals surface area contributed by atoms with Crippen LogP contribution in [-0.4, -0.2) is 54.2 Å². The Morgan fingerprint density at radius 2 is 1.90 bits per heavy atom. The van der Waals surface area contributed by atoms with Crippen LogP contribution in [0.3, 0.4) is 0 Å². The van der Waals surface area contributed by atoms with E-state index in [0.717, 1.165) is 37.7 Å². The first-order valence-corrected chi connectivity index (χ1v) is 9.38. The van der Waals surface area contributed by atoms with Crippen LogP contribution >= 0.6 is 11.8 Å². The van der Waals surface area contributed by atoms with Gasteiger partial charge in [0.2, 0.25) is 0 Å². The lowest BCUT2D eigenvalue weighted by Gasteiger charge is -2.36. The van der Waals surface area contributed by atoms with Gasteiger partial charge in [0.15, 0.2) is 0 Å². The zero-order valence-corrected chi connectivity index (χ0v) is 13.7. The van der Waals surface area contributed by atoms with E-state index in [1.165, 1.54) is 25.7 Å². The van der Waals surface area contributed by atoms with Gasteiger partial charge in [-0.2, -0.15) is 11.8 Å². The highest BCUT2D eigenvalue weighted by molar-refractivity contribution is 7.98. The second kappa shape index (κ2) is 8.13. The van der Waals surface area contributed by atoms with E-state index in [1.807, 2.05) is 0 Å². The molecule has 20 heavy (non-hydrogen) atoms. The Kier molecular flexibility index (Phi) is 6.49. The molecule has 5 heteroatoms. The first kappa shape index (κ1) is 16.0. The third-order valence-electron chi connectivity index (χ3n) is 4.50. The third-order valence-corrected chi connectivity index (χ3v) is 5.33. The van der Waals surface area contributed by atoms with Crippen molar-refractivity contribution in [3.05, 3.63) is 0 Å². The minimum atomic E-state index is 0.00543. The number of hydrogen-bond donors (Lipinski definition) is 2. The molecule has 1 saturated heterocycles. The fourth-order valence-electron chi connectivity index (χ4n) is 3.42. The Bertz CT molecular complexity index is 299. The summed E-state index contributed by atoms with van der Waals surface area (Å²) in [6.07, 6.45) is 9.82. The predicted octanol–water partition coefficient (Wildman–Crippen LogP) is 2.44. The smallest absolute Gasteiger partial charge is 0.315 e. The molecule has 2 rings (SSSR count). The van der Waals surface area contributed by atoms with Gasteiger partial charge in [0.25, 0.3) is 0 Å². The molecule has 0 aromatic carbocycles. The van der Waals surface area contributed by atoms with Gasteiger partial charge in [-0.3, -0.25) is 0 Å². The maximum Gasteiger partial charge on any atom is 0.315 e. The average Bonchev–Trinajstić information content (AvgIpc) is 2.93.